The van der Waals surface area contributed by atoms with Crippen LogP contribution in [0.2, 0.25) is 0 Å². The van der Waals surface area contributed by atoms with Gasteiger partial charge in [0.25, 0.3) is 5.91 Å². The molecule has 1 amide bonds. The molecule has 2 aromatic heterocycles. The van der Waals surface area contributed by atoms with Gasteiger partial charge in [-0.05, 0) is 42.0 Å². The maximum atomic E-state index is 13.0. The van der Waals surface area contributed by atoms with Crippen molar-refractivity contribution in [3.8, 4) is 0 Å². The van der Waals surface area contributed by atoms with E-state index in [1.807, 2.05) is 29.2 Å². The zero-order valence-electron chi connectivity index (χ0n) is 12.9. The third kappa shape index (κ3) is 2.41. The van der Waals surface area contributed by atoms with Gasteiger partial charge in [0.05, 0.1) is 23.3 Å². The van der Waals surface area contributed by atoms with E-state index in [1.54, 1.807) is 17.5 Å². The van der Waals surface area contributed by atoms with Crippen molar-refractivity contribution in [3.05, 3.63) is 58.0 Å². The zero-order chi connectivity index (χ0) is 15.8. The van der Waals surface area contributed by atoms with Crippen LogP contribution in [-0.4, -0.2) is 27.3 Å². The fourth-order valence-corrected chi connectivity index (χ4v) is 4.22. The number of rotatable bonds is 2. The lowest BCUT2D eigenvalue weighted by Gasteiger charge is -2.35. The standard InChI is InChI=1S/C18H17N3OS/c1-2-16-12-8-10-23-17(12)7-9-21(16)18(22)15-11-19-13-5-3-4-6-14(13)20-15/h3-6,8,10-11,16H,2,7,9H2,1H3. The summed E-state index contributed by atoms with van der Waals surface area (Å²) in [5.74, 6) is -0.0213. The number of benzene rings is 1. The Balaban J connectivity index is 1.70. The van der Waals surface area contributed by atoms with E-state index in [9.17, 15) is 4.79 Å². The Morgan fingerprint density at radius 2 is 2.13 bits per heavy atom. The van der Waals surface area contributed by atoms with Gasteiger partial charge in [0, 0.05) is 11.4 Å². The van der Waals surface area contributed by atoms with Gasteiger partial charge in [0.1, 0.15) is 5.69 Å². The molecule has 4 nitrogen and oxygen atoms in total. The molecule has 0 fully saturated rings. The quantitative estimate of drug-likeness (QED) is 0.720. The monoisotopic (exact) mass is 323 g/mol. The molecular weight excluding hydrogens is 306 g/mol. The largest absolute Gasteiger partial charge is 0.330 e. The summed E-state index contributed by atoms with van der Waals surface area (Å²) in [5.41, 5.74) is 3.31. The summed E-state index contributed by atoms with van der Waals surface area (Å²) in [4.78, 5) is 25.2. The fraction of sp³-hybridized carbons (Fsp3) is 0.278. The number of aromatic nitrogens is 2. The molecule has 3 aromatic rings. The third-order valence-corrected chi connectivity index (χ3v) is 5.41. The Morgan fingerprint density at radius 1 is 1.30 bits per heavy atom. The SMILES string of the molecule is CCC1c2ccsc2CCN1C(=O)c1cnc2ccccc2n1. The lowest BCUT2D eigenvalue weighted by atomic mass is 9.97. The highest BCUT2D eigenvalue weighted by atomic mass is 32.1. The molecule has 0 aliphatic carbocycles. The van der Waals surface area contributed by atoms with Crippen LogP contribution in [0.25, 0.3) is 11.0 Å². The number of nitrogens with zero attached hydrogens (tertiary/aromatic N) is 3. The van der Waals surface area contributed by atoms with Crippen LogP contribution in [-0.2, 0) is 6.42 Å². The summed E-state index contributed by atoms with van der Waals surface area (Å²) in [7, 11) is 0. The van der Waals surface area contributed by atoms with Crippen molar-refractivity contribution >= 4 is 28.3 Å². The molecule has 0 N–H and O–H groups in total. The minimum atomic E-state index is -0.0213. The predicted molar refractivity (Wildman–Crippen MR) is 91.6 cm³/mol. The molecule has 3 heterocycles. The second-order valence-electron chi connectivity index (χ2n) is 5.72. The van der Waals surface area contributed by atoms with Gasteiger partial charge < -0.3 is 4.90 Å². The van der Waals surface area contributed by atoms with Gasteiger partial charge in [0.2, 0.25) is 0 Å². The lowest BCUT2D eigenvalue weighted by molar-refractivity contribution is 0.0651. The first-order valence-electron chi connectivity index (χ1n) is 7.87. The van der Waals surface area contributed by atoms with Crippen LogP contribution in [0.1, 0.15) is 40.3 Å². The molecule has 0 spiro atoms. The normalized spacial score (nSPS) is 17.3. The molecule has 1 unspecified atom stereocenters. The lowest BCUT2D eigenvalue weighted by Crippen LogP contribution is -2.39. The maximum absolute atomic E-state index is 13.0. The van der Waals surface area contributed by atoms with Gasteiger partial charge in [0.15, 0.2) is 0 Å². The Bertz CT molecular complexity index is 873. The first-order chi connectivity index (χ1) is 11.3. The summed E-state index contributed by atoms with van der Waals surface area (Å²) in [5, 5.41) is 2.12. The average molecular weight is 323 g/mol. The van der Waals surface area contributed by atoms with E-state index in [4.69, 9.17) is 0 Å². The predicted octanol–water partition coefficient (Wildman–Crippen LogP) is 3.84. The second-order valence-corrected chi connectivity index (χ2v) is 6.72. The van der Waals surface area contributed by atoms with Crippen molar-refractivity contribution in [2.45, 2.75) is 25.8 Å². The number of carbonyl (C=O) groups is 1. The molecule has 0 bridgehead atoms. The number of thiophene rings is 1. The molecule has 0 saturated carbocycles. The van der Waals surface area contributed by atoms with Crippen LogP contribution in [0.4, 0.5) is 0 Å². The van der Waals surface area contributed by atoms with Crippen molar-refractivity contribution in [2.75, 3.05) is 6.54 Å². The number of carbonyl (C=O) groups excluding carboxylic acids is 1. The zero-order valence-corrected chi connectivity index (χ0v) is 13.7. The van der Waals surface area contributed by atoms with Crippen LogP contribution < -0.4 is 0 Å². The van der Waals surface area contributed by atoms with Gasteiger partial charge >= 0.3 is 0 Å². The van der Waals surface area contributed by atoms with E-state index in [0.717, 1.165) is 30.4 Å². The van der Waals surface area contributed by atoms with Crippen LogP contribution in [0.5, 0.6) is 0 Å². The van der Waals surface area contributed by atoms with E-state index in [0.29, 0.717) is 5.69 Å². The molecular formula is C18H17N3OS. The van der Waals surface area contributed by atoms with E-state index in [2.05, 4.69) is 28.3 Å². The number of fused-ring (bicyclic) bond motifs is 2. The van der Waals surface area contributed by atoms with Crippen molar-refractivity contribution in [2.24, 2.45) is 0 Å². The topological polar surface area (TPSA) is 46.1 Å². The summed E-state index contributed by atoms with van der Waals surface area (Å²) in [6.45, 7) is 2.88. The Labute approximate surface area is 138 Å². The summed E-state index contributed by atoms with van der Waals surface area (Å²) in [6, 6.07) is 9.94. The highest BCUT2D eigenvalue weighted by Crippen LogP contribution is 2.35. The van der Waals surface area contributed by atoms with Gasteiger partial charge in [-0.2, -0.15) is 0 Å². The molecule has 5 heteroatoms. The number of hydrogen-bond donors (Lipinski definition) is 0. The fourth-order valence-electron chi connectivity index (χ4n) is 3.29. The van der Waals surface area contributed by atoms with Crippen LogP contribution >= 0.6 is 11.3 Å². The highest BCUT2D eigenvalue weighted by molar-refractivity contribution is 7.10. The molecule has 0 radical (unpaired) electrons. The summed E-state index contributed by atoms with van der Waals surface area (Å²) in [6.07, 6.45) is 3.44. The smallest absolute Gasteiger partial charge is 0.274 e. The van der Waals surface area contributed by atoms with Crippen LogP contribution in [0.15, 0.2) is 41.9 Å². The van der Waals surface area contributed by atoms with Gasteiger partial charge in [-0.1, -0.05) is 19.1 Å². The van der Waals surface area contributed by atoms with Crippen LogP contribution in [0.3, 0.4) is 0 Å². The van der Waals surface area contributed by atoms with Crippen molar-refractivity contribution in [1.82, 2.24) is 14.9 Å². The van der Waals surface area contributed by atoms with Crippen molar-refractivity contribution < 1.29 is 4.79 Å². The molecule has 0 saturated heterocycles. The first kappa shape index (κ1) is 14.3. The number of hydrogen-bond acceptors (Lipinski definition) is 4. The molecule has 1 aromatic carbocycles. The minimum absolute atomic E-state index is 0.0213. The molecule has 4 rings (SSSR count). The second kappa shape index (κ2) is 5.74. The Morgan fingerprint density at radius 3 is 2.96 bits per heavy atom. The van der Waals surface area contributed by atoms with E-state index < -0.39 is 0 Å². The van der Waals surface area contributed by atoms with E-state index >= 15 is 0 Å². The van der Waals surface area contributed by atoms with Gasteiger partial charge in [-0.15, -0.1) is 11.3 Å². The molecule has 1 atom stereocenters. The molecule has 23 heavy (non-hydrogen) atoms. The Kier molecular flexibility index (Phi) is 3.58. The number of para-hydroxylation sites is 2. The number of amides is 1. The van der Waals surface area contributed by atoms with Crippen molar-refractivity contribution in [3.63, 3.8) is 0 Å². The van der Waals surface area contributed by atoms with Crippen LogP contribution in [0, 0.1) is 0 Å². The molecule has 1 aliphatic heterocycles. The molecule has 116 valence electrons. The maximum Gasteiger partial charge on any atom is 0.274 e. The Hall–Kier alpha value is -2.27. The first-order valence-corrected chi connectivity index (χ1v) is 8.75. The van der Waals surface area contributed by atoms with E-state index in [1.165, 1.54) is 10.4 Å². The van der Waals surface area contributed by atoms with Gasteiger partial charge in [-0.25, -0.2) is 4.98 Å². The molecule has 1 aliphatic rings. The third-order valence-electron chi connectivity index (χ3n) is 4.41. The minimum Gasteiger partial charge on any atom is -0.330 e. The average Bonchev–Trinajstić information content (AvgIpc) is 3.08. The van der Waals surface area contributed by atoms with Crippen molar-refractivity contribution in [1.29, 1.82) is 0 Å². The van der Waals surface area contributed by atoms with E-state index in [-0.39, 0.29) is 11.9 Å². The summed E-state index contributed by atoms with van der Waals surface area (Å²) >= 11 is 1.79. The van der Waals surface area contributed by atoms with Gasteiger partial charge in [-0.3, -0.25) is 9.78 Å². The summed E-state index contributed by atoms with van der Waals surface area (Å²) < 4.78 is 0. The highest BCUT2D eigenvalue weighted by Gasteiger charge is 2.31.